The maximum Gasteiger partial charge on any atom is 0.134 e. The highest BCUT2D eigenvalue weighted by molar-refractivity contribution is 6.78. The Morgan fingerprint density at radius 3 is 1.68 bits per heavy atom. The van der Waals surface area contributed by atoms with Crippen LogP contribution in [0.25, 0.3) is 0 Å². The number of benzene rings is 1. The number of hydrogen-bond acceptors (Lipinski definition) is 1. The van der Waals surface area contributed by atoms with E-state index in [4.69, 9.17) is 0 Å². The van der Waals surface area contributed by atoms with Gasteiger partial charge in [-0.15, -0.1) is 0 Å². The van der Waals surface area contributed by atoms with Crippen LogP contribution in [0.15, 0.2) is 24.3 Å². The van der Waals surface area contributed by atoms with Crippen LogP contribution in [0.4, 0.5) is 0 Å². The van der Waals surface area contributed by atoms with Crippen molar-refractivity contribution in [1.29, 1.82) is 0 Å². The molecule has 0 fully saturated rings. The van der Waals surface area contributed by atoms with E-state index in [2.05, 4.69) is 65.8 Å². The minimum atomic E-state index is -1.11. The number of carbonyl (C=O) groups excluding carboxylic acids is 1. The van der Waals surface area contributed by atoms with Crippen molar-refractivity contribution in [1.82, 2.24) is 0 Å². The number of Topliss-reactive ketones (excluding diaryl/α,β-unsaturated/α-hetero) is 1. The molecule has 106 valence electrons. The first-order valence-corrected chi connectivity index (χ1v) is 8.83. The molecule has 0 bridgehead atoms. The molecule has 0 heterocycles. The summed E-state index contributed by atoms with van der Waals surface area (Å²) in [5, 5.41) is 2.23. The largest absolute Gasteiger partial charge is 0.300 e. The molecule has 0 aliphatic carbocycles. The van der Waals surface area contributed by atoms with Crippen molar-refractivity contribution in [2.24, 2.45) is 0 Å². The second-order valence-corrected chi connectivity index (χ2v) is 12.8. The van der Waals surface area contributed by atoms with Crippen molar-refractivity contribution < 1.29 is 4.79 Å². The Balaban J connectivity index is 3.09. The van der Waals surface area contributed by atoms with E-state index in [0.717, 1.165) is 5.56 Å². The molecule has 0 saturated heterocycles. The van der Waals surface area contributed by atoms with Crippen molar-refractivity contribution in [3.05, 3.63) is 29.8 Å². The van der Waals surface area contributed by atoms with E-state index < -0.39 is 8.80 Å². The maximum atomic E-state index is 11.2. The summed E-state index contributed by atoms with van der Waals surface area (Å²) in [5.41, 5.74) is 1.13. The second kappa shape index (κ2) is 5.62. The Kier molecular flexibility index (Phi) is 4.78. The van der Waals surface area contributed by atoms with E-state index in [1.54, 1.807) is 6.92 Å². The Morgan fingerprint density at radius 1 is 0.947 bits per heavy atom. The van der Waals surface area contributed by atoms with Gasteiger partial charge in [0.1, 0.15) is 5.78 Å². The lowest BCUT2D eigenvalue weighted by atomic mass is 10.1. The minimum Gasteiger partial charge on any atom is -0.300 e. The van der Waals surface area contributed by atoms with E-state index in [1.807, 2.05) is 0 Å². The Bertz CT molecular complexity index is 418. The minimum absolute atomic E-state index is 0.230. The van der Waals surface area contributed by atoms with Gasteiger partial charge in [-0.05, 0) is 22.6 Å². The van der Waals surface area contributed by atoms with Crippen LogP contribution in [0.2, 0.25) is 10.1 Å². The summed E-state index contributed by atoms with van der Waals surface area (Å²) in [6.45, 7) is 15.8. The van der Waals surface area contributed by atoms with Crippen LogP contribution in [0.5, 0.6) is 0 Å². The predicted octanol–water partition coefficient (Wildman–Crippen LogP) is 3.85. The lowest BCUT2D eigenvalue weighted by Crippen LogP contribution is -2.45. The predicted molar refractivity (Wildman–Crippen MR) is 87.0 cm³/mol. The van der Waals surface area contributed by atoms with Gasteiger partial charge in [0.25, 0.3) is 0 Å². The number of hydrogen-bond donors (Lipinski definition) is 0. The summed E-state index contributed by atoms with van der Waals surface area (Å²) in [7, 11) is -1.11. The summed E-state index contributed by atoms with van der Waals surface area (Å²) in [5.74, 6) is 0.230. The van der Waals surface area contributed by atoms with Gasteiger partial charge in [0, 0.05) is 6.42 Å². The van der Waals surface area contributed by atoms with E-state index in [9.17, 15) is 4.79 Å². The highest BCUT2D eigenvalue weighted by Crippen LogP contribution is 2.41. The monoisotopic (exact) mass is 276 g/mol. The summed E-state index contributed by atoms with van der Waals surface area (Å²) in [6.07, 6.45) is 0.553. The fourth-order valence-corrected chi connectivity index (χ4v) is 8.59. The Labute approximate surface area is 120 Å². The molecule has 0 saturated carbocycles. The molecule has 1 aromatic rings. The molecule has 0 aliphatic rings. The topological polar surface area (TPSA) is 17.1 Å². The van der Waals surface area contributed by atoms with Crippen molar-refractivity contribution in [3.63, 3.8) is 0 Å². The maximum absolute atomic E-state index is 11.2. The standard InChI is InChI=1S/C17H28OSi/c1-13(18)12-14-8-10-15(11-9-14)19(16(2,3)4)17(5,6)7/h8-11,19H,12H2,1-7H3. The van der Waals surface area contributed by atoms with Crippen molar-refractivity contribution in [2.45, 2.75) is 65.0 Å². The van der Waals surface area contributed by atoms with Gasteiger partial charge in [-0.3, -0.25) is 4.79 Å². The lowest BCUT2D eigenvalue weighted by Gasteiger charge is -2.39. The molecule has 19 heavy (non-hydrogen) atoms. The molecule has 1 aromatic carbocycles. The Hall–Kier alpha value is -0.893. The average molecular weight is 276 g/mol. The first-order chi connectivity index (χ1) is 8.51. The fraction of sp³-hybridized carbons (Fsp3) is 0.588. The molecule has 0 N–H and O–H groups in total. The summed E-state index contributed by atoms with van der Waals surface area (Å²) in [4.78, 5) is 11.2. The molecule has 0 aromatic heterocycles. The van der Waals surface area contributed by atoms with Crippen LogP contribution in [0, 0.1) is 0 Å². The number of rotatable bonds is 3. The first kappa shape index (κ1) is 16.2. The molecule has 2 heteroatoms. The molecule has 1 rings (SSSR count). The summed E-state index contributed by atoms with van der Waals surface area (Å²) >= 11 is 0. The van der Waals surface area contributed by atoms with Crippen LogP contribution in [0.1, 0.15) is 54.0 Å². The summed E-state index contributed by atoms with van der Waals surface area (Å²) < 4.78 is 0. The molecular formula is C17H28OSi. The number of carbonyl (C=O) groups is 1. The molecule has 1 nitrogen and oxygen atoms in total. The van der Waals surface area contributed by atoms with Crippen LogP contribution < -0.4 is 5.19 Å². The molecule has 0 radical (unpaired) electrons. The summed E-state index contributed by atoms with van der Waals surface area (Å²) in [6, 6.07) is 8.78. The van der Waals surface area contributed by atoms with E-state index in [-0.39, 0.29) is 5.78 Å². The van der Waals surface area contributed by atoms with Gasteiger partial charge in [-0.1, -0.05) is 71.0 Å². The third kappa shape index (κ3) is 4.61. The van der Waals surface area contributed by atoms with Crippen molar-refractivity contribution in [2.75, 3.05) is 0 Å². The van der Waals surface area contributed by atoms with Gasteiger partial charge >= 0.3 is 0 Å². The zero-order chi connectivity index (χ0) is 14.8. The van der Waals surface area contributed by atoms with Crippen molar-refractivity contribution in [3.8, 4) is 0 Å². The quantitative estimate of drug-likeness (QED) is 0.766. The zero-order valence-electron chi connectivity index (χ0n) is 13.5. The molecule has 0 atom stereocenters. The lowest BCUT2D eigenvalue weighted by molar-refractivity contribution is -0.116. The third-order valence-corrected chi connectivity index (χ3v) is 8.01. The zero-order valence-corrected chi connectivity index (χ0v) is 14.7. The molecule has 0 aliphatic heterocycles. The SMILES string of the molecule is CC(=O)Cc1ccc([SiH](C(C)(C)C)C(C)(C)C)cc1. The molecular weight excluding hydrogens is 248 g/mol. The average Bonchev–Trinajstić information content (AvgIpc) is 2.15. The highest BCUT2D eigenvalue weighted by Gasteiger charge is 2.37. The van der Waals surface area contributed by atoms with Crippen LogP contribution >= 0.6 is 0 Å². The van der Waals surface area contributed by atoms with Crippen LogP contribution in [-0.2, 0) is 11.2 Å². The normalized spacial score (nSPS) is 12.8. The van der Waals surface area contributed by atoms with Gasteiger partial charge in [-0.2, -0.15) is 0 Å². The van der Waals surface area contributed by atoms with E-state index in [1.165, 1.54) is 5.19 Å². The van der Waals surface area contributed by atoms with Crippen LogP contribution in [-0.4, -0.2) is 14.6 Å². The molecule has 0 amide bonds. The van der Waals surface area contributed by atoms with E-state index in [0.29, 0.717) is 16.5 Å². The Morgan fingerprint density at radius 2 is 1.37 bits per heavy atom. The molecule has 0 spiro atoms. The van der Waals surface area contributed by atoms with Gasteiger partial charge < -0.3 is 0 Å². The van der Waals surface area contributed by atoms with Crippen molar-refractivity contribution >= 4 is 19.8 Å². The van der Waals surface area contributed by atoms with E-state index >= 15 is 0 Å². The number of ketones is 1. The molecule has 0 unspecified atom stereocenters. The van der Waals surface area contributed by atoms with Gasteiger partial charge in [0.05, 0.1) is 8.80 Å². The van der Waals surface area contributed by atoms with Crippen LogP contribution in [0.3, 0.4) is 0 Å². The smallest absolute Gasteiger partial charge is 0.134 e. The second-order valence-electron chi connectivity index (χ2n) is 7.79. The van der Waals surface area contributed by atoms with Gasteiger partial charge in [0.2, 0.25) is 0 Å². The van der Waals surface area contributed by atoms with Gasteiger partial charge in [-0.25, -0.2) is 0 Å². The first-order valence-electron chi connectivity index (χ1n) is 7.10. The highest BCUT2D eigenvalue weighted by atomic mass is 28.3. The fourth-order valence-electron chi connectivity index (χ4n) is 3.41. The third-order valence-electron chi connectivity index (χ3n) is 3.50. The van der Waals surface area contributed by atoms with Gasteiger partial charge in [0.15, 0.2) is 0 Å².